The highest BCUT2D eigenvalue weighted by Crippen LogP contribution is 2.79. The van der Waals surface area contributed by atoms with Crippen molar-refractivity contribution < 1.29 is 0 Å². The summed E-state index contributed by atoms with van der Waals surface area (Å²) in [7, 11) is 0. The lowest BCUT2D eigenvalue weighted by molar-refractivity contribution is 0.566. The molecule has 2 aliphatic carbocycles. The van der Waals surface area contributed by atoms with Crippen LogP contribution in [0.5, 0.6) is 0 Å². The van der Waals surface area contributed by atoms with E-state index in [9.17, 15) is 0 Å². The Morgan fingerprint density at radius 1 is 1.27 bits per heavy atom. The summed E-state index contributed by atoms with van der Waals surface area (Å²) in [4.78, 5) is 0. The monoisotopic (exact) mass is 152 g/mol. The highest BCUT2D eigenvalue weighted by Gasteiger charge is 2.72. The van der Waals surface area contributed by atoms with Gasteiger partial charge < -0.3 is 0 Å². The van der Waals surface area contributed by atoms with Gasteiger partial charge in [0.25, 0.3) is 0 Å². The molecule has 3 atom stereocenters. The second kappa shape index (κ2) is 2.24. The van der Waals surface area contributed by atoms with E-state index in [1.54, 1.807) is 6.42 Å². The molecule has 0 saturated heterocycles. The molecule has 2 saturated carbocycles. The molecule has 0 heterocycles. The molecule has 0 nitrogen and oxygen atoms in total. The smallest absolute Gasteiger partial charge is 0.0209 e. The Bertz CT molecular complexity index is 151. The Hall–Kier alpha value is 0. The van der Waals surface area contributed by atoms with Gasteiger partial charge in [0.1, 0.15) is 0 Å². The fourth-order valence-electron chi connectivity index (χ4n) is 3.20. The van der Waals surface area contributed by atoms with Crippen molar-refractivity contribution in [1.82, 2.24) is 0 Å². The lowest BCUT2D eigenvalue weighted by Crippen LogP contribution is -1.84. The van der Waals surface area contributed by atoms with E-state index in [1.165, 1.54) is 19.3 Å². The molecular weight excluding hydrogens is 132 g/mol. The predicted octanol–water partition coefficient (Wildman–Crippen LogP) is 3.47. The lowest BCUT2D eigenvalue weighted by atomic mass is 10.1. The Morgan fingerprint density at radius 2 is 1.91 bits per heavy atom. The molecule has 0 amide bonds. The van der Waals surface area contributed by atoms with E-state index in [0.29, 0.717) is 0 Å². The molecule has 3 unspecified atom stereocenters. The van der Waals surface area contributed by atoms with E-state index in [1.807, 2.05) is 0 Å². The van der Waals surface area contributed by atoms with E-state index in [2.05, 4.69) is 20.8 Å². The first kappa shape index (κ1) is 7.64. The minimum atomic E-state index is 0.884. The number of hydrogen-bond donors (Lipinski definition) is 0. The van der Waals surface area contributed by atoms with Gasteiger partial charge in [-0.25, -0.2) is 0 Å². The van der Waals surface area contributed by atoms with Crippen LogP contribution in [0.1, 0.15) is 46.5 Å². The third kappa shape index (κ3) is 0.878. The van der Waals surface area contributed by atoms with Crippen molar-refractivity contribution >= 4 is 0 Å². The highest BCUT2D eigenvalue weighted by molar-refractivity contribution is 5.20. The maximum Gasteiger partial charge on any atom is -0.0209 e. The first-order chi connectivity index (χ1) is 5.23. The molecule has 0 N–H and O–H groups in total. The lowest BCUT2D eigenvalue weighted by Gasteiger charge is -1.94. The van der Waals surface area contributed by atoms with Crippen molar-refractivity contribution in [2.45, 2.75) is 46.5 Å². The van der Waals surface area contributed by atoms with Crippen LogP contribution in [0.3, 0.4) is 0 Å². The molecule has 0 aromatic heterocycles. The van der Waals surface area contributed by atoms with Crippen LogP contribution in [0.25, 0.3) is 0 Å². The van der Waals surface area contributed by atoms with E-state index in [0.717, 1.165) is 23.2 Å². The largest absolute Gasteiger partial charge is 0.0654 e. The van der Waals surface area contributed by atoms with Gasteiger partial charge in [-0.15, -0.1) is 0 Å². The standard InChI is InChI=1S/C11H20/c1-4-5-6-10-7-11(10)8(2)9(11)3/h8-10H,4-7H2,1-3H3. The number of rotatable bonds is 3. The molecular formula is C11H20. The highest BCUT2D eigenvalue weighted by atomic mass is 14.8. The van der Waals surface area contributed by atoms with Crippen LogP contribution >= 0.6 is 0 Å². The summed E-state index contributed by atoms with van der Waals surface area (Å²) in [5, 5.41) is 0. The van der Waals surface area contributed by atoms with Gasteiger partial charge in [-0.3, -0.25) is 0 Å². The maximum absolute atomic E-state index is 2.44. The maximum atomic E-state index is 2.44. The van der Waals surface area contributed by atoms with Crippen LogP contribution in [-0.4, -0.2) is 0 Å². The third-order valence-electron chi connectivity index (χ3n) is 4.44. The molecule has 2 fully saturated rings. The van der Waals surface area contributed by atoms with Gasteiger partial charge in [0.15, 0.2) is 0 Å². The molecule has 64 valence electrons. The minimum Gasteiger partial charge on any atom is -0.0654 e. The van der Waals surface area contributed by atoms with Gasteiger partial charge in [-0.1, -0.05) is 33.6 Å². The molecule has 11 heavy (non-hydrogen) atoms. The number of unbranched alkanes of at least 4 members (excludes halogenated alkanes) is 1. The molecule has 0 aliphatic heterocycles. The SMILES string of the molecule is CCCCC1CC12C(C)C2C. The van der Waals surface area contributed by atoms with E-state index in [-0.39, 0.29) is 0 Å². The van der Waals surface area contributed by atoms with Gasteiger partial charge in [0.2, 0.25) is 0 Å². The Labute approximate surface area is 70.4 Å². The van der Waals surface area contributed by atoms with E-state index < -0.39 is 0 Å². The van der Waals surface area contributed by atoms with Gasteiger partial charge >= 0.3 is 0 Å². The van der Waals surface area contributed by atoms with Crippen molar-refractivity contribution in [2.75, 3.05) is 0 Å². The molecule has 2 rings (SSSR count). The van der Waals surface area contributed by atoms with Crippen molar-refractivity contribution in [3.63, 3.8) is 0 Å². The topological polar surface area (TPSA) is 0 Å². The second-order valence-electron chi connectivity index (χ2n) is 4.73. The van der Waals surface area contributed by atoms with Crippen LogP contribution in [0.4, 0.5) is 0 Å². The summed E-state index contributed by atoms with van der Waals surface area (Å²) >= 11 is 0. The number of hydrogen-bond acceptors (Lipinski definition) is 0. The summed E-state index contributed by atoms with van der Waals surface area (Å²) in [6.45, 7) is 7.18. The average molecular weight is 152 g/mol. The Morgan fingerprint density at radius 3 is 2.27 bits per heavy atom. The zero-order chi connectivity index (χ0) is 8.06. The first-order valence-corrected chi connectivity index (χ1v) is 5.23. The second-order valence-corrected chi connectivity index (χ2v) is 4.73. The summed E-state index contributed by atoms with van der Waals surface area (Å²) in [6, 6.07) is 0. The Kier molecular flexibility index (Phi) is 1.56. The zero-order valence-electron chi connectivity index (χ0n) is 8.06. The molecule has 0 radical (unpaired) electrons. The average Bonchev–Trinajstić information content (AvgIpc) is 2.83. The van der Waals surface area contributed by atoms with Crippen LogP contribution in [0.2, 0.25) is 0 Å². The van der Waals surface area contributed by atoms with Crippen molar-refractivity contribution in [2.24, 2.45) is 23.2 Å². The predicted molar refractivity (Wildman–Crippen MR) is 48.4 cm³/mol. The van der Waals surface area contributed by atoms with Crippen LogP contribution in [0, 0.1) is 23.2 Å². The molecule has 2 aliphatic rings. The van der Waals surface area contributed by atoms with Gasteiger partial charge in [0, 0.05) is 0 Å². The fourth-order valence-corrected chi connectivity index (χ4v) is 3.20. The van der Waals surface area contributed by atoms with Gasteiger partial charge in [-0.05, 0) is 36.0 Å². The van der Waals surface area contributed by atoms with Crippen molar-refractivity contribution in [3.8, 4) is 0 Å². The summed E-state index contributed by atoms with van der Waals surface area (Å²) in [6.07, 6.45) is 5.93. The zero-order valence-corrected chi connectivity index (χ0v) is 8.06. The summed E-state index contributed by atoms with van der Waals surface area (Å²) in [5.74, 6) is 3.25. The molecule has 0 bridgehead atoms. The summed E-state index contributed by atoms with van der Waals surface area (Å²) in [5.41, 5.74) is 0.884. The van der Waals surface area contributed by atoms with E-state index in [4.69, 9.17) is 0 Å². The van der Waals surface area contributed by atoms with Crippen molar-refractivity contribution in [1.29, 1.82) is 0 Å². The first-order valence-electron chi connectivity index (χ1n) is 5.23. The molecule has 1 spiro atoms. The van der Waals surface area contributed by atoms with Crippen molar-refractivity contribution in [3.05, 3.63) is 0 Å². The van der Waals surface area contributed by atoms with Crippen LogP contribution in [0.15, 0.2) is 0 Å². The Balaban J connectivity index is 1.78. The summed E-state index contributed by atoms with van der Waals surface area (Å²) < 4.78 is 0. The van der Waals surface area contributed by atoms with Gasteiger partial charge in [-0.2, -0.15) is 0 Å². The molecule has 0 heteroatoms. The van der Waals surface area contributed by atoms with Crippen LogP contribution < -0.4 is 0 Å². The minimum absolute atomic E-state index is 0.884. The van der Waals surface area contributed by atoms with Crippen LogP contribution in [-0.2, 0) is 0 Å². The van der Waals surface area contributed by atoms with Gasteiger partial charge in [0.05, 0.1) is 0 Å². The normalized spacial score (nSPS) is 53.2. The third-order valence-corrected chi connectivity index (χ3v) is 4.44. The quantitative estimate of drug-likeness (QED) is 0.581. The molecule has 0 aromatic rings. The molecule has 0 aromatic carbocycles. The fraction of sp³-hybridized carbons (Fsp3) is 1.00. The van der Waals surface area contributed by atoms with E-state index >= 15 is 0 Å².